The number of aliphatic hydroxyl groups is 1. The summed E-state index contributed by atoms with van der Waals surface area (Å²) in [7, 11) is 0. The molecule has 1 unspecified atom stereocenters. The first-order chi connectivity index (χ1) is 9.70. The van der Waals surface area contributed by atoms with E-state index in [0.717, 1.165) is 18.4 Å². The fourth-order valence-corrected chi connectivity index (χ4v) is 4.09. The van der Waals surface area contributed by atoms with Crippen LogP contribution < -0.4 is 0 Å². The highest BCUT2D eigenvalue weighted by Gasteiger charge is 2.46. The highest BCUT2D eigenvalue weighted by Crippen LogP contribution is 2.50. The predicted molar refractivity (Wildman–Crippen MR) is 83.2 cm³/mol. The number of rotatable bonds is 3. The molecule has 3 rings (SSSR count). The molecule has 0 aromatic heterocycles. The lowest BCUT2D eigenvalue weighted by atomic mass is 9.74. The zero-order valence-electron chi connectivity index (χ0n) is 11.8. The molecule has 1 nitrogen and oxygen atoms in total. The summed E-state index contributed by atoms with van der Waals surface area (Å²) in [6.07, 6.45) is 7.75. The summed E-state index contributed by atoms with van der Waals surface area (Å²) < 4.78 is 0. The smallest absolute Gasteiger partial charge is 0.0761 e. The molecule has 0 radical (unpaired) electrons. The van der Waals surface area contributed by atoms with E-state index in [0.29, 0.717) is 17.8 Å². The van der Waals surface area contributed by atoms with Gasteiger partial charge in [-0.3, -0.25) is 0 Å². The molecule has 1 aromatic rings. The lowest BCUT2D eigenvalue weighted by Crippen LogP contribution is -2.32. The number of hydrogen-bond donors (Lipinski definition) is 1. The third-order valence-corrected chi connectivity index (χ3v) is 4.97. The zero-order chi connectivity index (χ0) is 14.1. The summed E-state index contributed by atoms with van der Waals surface area (Å²) in [6.45, 7) is 8.17. The van der Waals surface area contributed by atoms with Crippen molar-refractivity contribution in [3.8, 4) is 0 Å². The van der Waals surface area contributed by atoms with Gasteiger partial charge in [0.2, 0.25) is 0 Å². The third-order valence-electron chi connectivity index (χ3n) is 4.97. The van der Waals surface area contributed by atoms with Gasteiger partial charge in [0.1, 0.15) is 0 Å². The topological polar surface area (TPSA) is 20.2 Å². The third kappa shape index (κ3) is 2.27. The molecule has 20 heavy (non-hydrogen) atoms. The molecule has 1 heteroatoms. The second-order valence-corrected chi connectivity index (χ2v) is 6.11. The standard InChI is InChI=1S/C19H22O/c1-3-15-12-16(11-14-7-5-4-6-8-14)19-17(20)10-9-13(2)18(15)19/h3-10,15-20H,1-2,11-12H2/t15-,16-,17?,18+,19+/m1/s1. The van der Waals surface area contributed by atoms with Crippen molar-refractivity contribution in [1.82, 2.24) is 0 Å². The van der Waals surface area contributed by atoms with E-state index in [-0.39, 0.29) is 12.0 Å². The van der Waals surface area contributed by atoms with Gasteiger partial charge in [0, 0.05) is 0 Å². The molecule has 5 atom stereocenters. The van der Waals surface area contributed by atoms with Crippen molar-refractivity contribution in [1.29, 1.82) is 0 Å². The van der Waals surface area contributed by atoms with Crippen LogP contribution in [0.5, 0.6) is 0 Å². The van der Waals surface area contributed by atoms with Crippen LogP contribution in [0.1, 0.15) is 12.0 Å². The maximum Gasteiger partial charge on any atom is 0.0761 e. The number of benzene rings is 1. The highest BCUT2D eigenvalue weighted by molar-refractivity contribution is 5.30. The van der Waals surface area contributed by atoms with Gasteiger partial charge >= 0.3 is 0 Å². The summed E-state index contributed by atoms with van der Waals surface area (Å²) in [5.74, 6) is 1.60. The quantitative estimate of drug-likeness (QED) is 0.826. The molecule has 0 bridgehead atoms. The molecular formula is C19H22O. The van der Waals surface area contributed by atoms with Gasteiger partial charge in [-0.15, -0.1) is 6.58 Å². The first kappa shape index (κ1) is 13.4. The Bertz CT molecular complexity index is 528. The average Bonchev–Trinajstić information content (AvgIpc) is 2.84. The summed E-state index contributed by atoms with van der Waals surface area (Å²) in [5, 5.41) is 10.4. The van der Waals surface area contributed by atoms with Crippen LogP contribution in [0.15, 0.2) is 67.3 Å². The normalized spacial score (nSPS) is 35.9. The highest BCUT2D eigenvalue weighted by atomic mass is 16.3. The van der Waals surface area contributed by atoms with E-state index >= 15 is 0 Å². The molecule has 1 aromatic carbocycles. The number of fused-ring (bicyclic) bond motifs is 1. The SMILES string of the molecule is C=C[C@@H]1C[C@@H](Cc2ccccc2)[C@H]2C(O)C=CC(=C)[C@H]21. The van der Waals surface area contributed by atoms with E-state index in [1.54, 1.807) is 0 Å². The van der Waals surface area contributed by atoms with Crippen LogP contribution >= 0.6 is 0 Å². The average molecular weight is 266 g/mol. The van der Waals surface area contributed by atoms with Crippen molar-refractivity contribution in [3.05, 3.63) is 72.9 Å². The minimum Gasteiger partial charge on any atom is -0.389 e. The van der Waals surface area contributed by atoms with Gasteiger partial charge < -0.3 is 5.11 Å². The molecule has 1 fully saturated rings. The zero-order valence-corrected chi connectivity index (χ0v) is 11.8. The van der Waals surface area contributed by atoms with Crippen LogP contribution in [0.4, 0.5) is 0 Å². The Morgan fingerprint density at radius 3 is 2.70 bits per heavy atom. The van der Waals surface area contributed by atoms with Crippen LogP contribution in [-0.4, -0.2) is 11.2 Å². The second kappa shape index (κ2) is 5.41. The van der Waals surface area contributed by atoms with E-state index in [4.69, 9.17) is 0 Å². The van der Waals surface area contributed by atoms with Gasteiger partial charge in [-0.25, -0.2) is 0 Å². The van der Waals surface area contributed by atoms with Crippen LogP contribution in [-0.2, 0) is 6.42 Å². The molecule has 0 saturated heterocycles. The summed E-state index contributed by atoms with van der Waals surface area (Å²) >= 11 is 0. The van der Waals surface area contributed by atoms with Gasteiger partial charge in [-0.2, -0.15) is 0 Å². The van der Waals surface area contributed by atoms with Crippen LogP contribution in [0.3, 0.4) is 0 Å². The molecule has 0 amide bonds. The summed E-state index contributed by atoms with van der Waals surface area (Å²) in [5.41, 5.74) is 2.51. The molecule has 1 N–H and O–H groups in total. The van der Waals surface area contributed by atoms with Crippen LogP contribution in [0.2, 0.25) is 0 Å². The van der Waals surface area contributed by atoms with Crippen LogP contribution in [0.25, 0.3) is 0 Å². The number of aliphatic hydroxyl groups excluding tert-OH is 1. The van der Waals surface area contributed by atoms with Gasteiger partial charge in [0.15, 0.2) is 0 Å². The molecular weight excluding hydrogens is 244 g/mol. The number of hydrogen-bond acceptors (Lipinski definition) is 1. The largest absolute Gasteiger partial charge is 0.389 e. The van der Waals surface area contributed by atoms with Crippen molar-refractivity contribution < 1.29 is 5.11 Å². The molecule has 2 aliphatic rings. The monoisotopic (exact) mass is 266 g/mol. The Morgan fingerprint density at radius 2 is 2.00 bits per heavy atom. The fraction of sp³-hybridized carbons (Fsp3) is 0.368. The van der Waals surface area contributed by atoms with E-state index < -0.39 is 0 Å². The molecule has 0 spiro atoms. The van der Waals surface area contributed by atoms with Gasteiger partial charge in [0.25, 0.3) is 0 Å². The first-order valence-electron chi connectivity index (χ1n) is 7.42. The molecule has 2 aliphatic carbocycles. The van der Waals surface area contributed by atoms with E-state index in [2.05, 4.69) is 43.5 Å². The predicted octanol–water partition coefficient (Wildman–Crippen LogP) is 3.77. The fourth-order valence-electron chi connectivity index (χ4n) is 4.09. The first-order valence-corrected chi connectivity index (χ1v) is 7.42. The van der Waals surface area contributed by atoms with E-state index in [1.165, 1.54) is 5.56 Å². The van der Waals surface area contributed by atoms with Crippen molar-refractivity contribution in [3.63, 3.8) is 0 Å². The molecule has 1 saturated carbocycles. The molecule has 0 aliphatic heterocycles. The van der Waals surface area contributed by atoms with Gasteiger partial charge in [-0.1, -0.05) is 60.7 Å². The summed E-state index contributed by atoms with van der Waals surface area (Å²) in [4.78, 5) is 0. The van der Waals surface area contributed by atoms with Crippen molar-refractivity contribution in [2.45, 2.75) is 18.9 Å². The maximum atomic E-state index is 10.4. The minimum atomic E-state index is -0.343. The Labute approximate surface area is 121 Å². The lowest BCUT2D eigenvalue weighted by Gasteiger charge is -2.33. The lowest BCUT2D eigenvalue weighted by molar-refractivity contribution is 0.101. The van der Waals surface area contributed by atoms with Gasteiger partial charge in [0.05, 0.1) is 6.10 Å². The Hall–Kier alpha value is -1.60. The van der Waals surface area contributed by atoms with E-state index in [9.17, 15) is 5.11 Å². The maximum absolute atomic E-state index is 10.4. The molecule has 104 valence electrons. The minimum absolute atomic E-state index is 0.288. The Kier molecular flexibility index (Phi) is 3.62. The van der Waals surface area contributed by atoms with Crippen LogP contribution in [0, 0.1) is 23.7 Å². The van der Waals surface area contributed by atoms with Crippen molar-refractivity contribution in [2.75, 3.05) is 0 Å². The Morgan fingerprint density at radius 1 is 1.25 bits per heavy atom. The van der Waals surface area contributed by atoms with Crippen molar-refractivity contribution in [2.24, 2.45) is 23.7 Å². The summed E-state index contributed by atoms with van der Waals surface area (Å²) in [6, 6.07) is 10.6. The van der Waals surface area contributed by atoms with Crippen molar-refractivity contribution >= 4 is 0 Å². The van der Waals surface area contributed by atoms with E-state index in [1.807, 2.05) is 18.2 Å². The Balaban J connectivity index is 1.87. The molecule has 0 heterocycles. The second-order valence-electron chi connectivity index (χ2n) is 6.11. The van der Waals surface area contributed by atoms with Gasteiger partial charge in [-0.05, 0) is 42.1 Å². The number of allylic oxidation sites excluding steroid dienone is 3.